The highest BCUT2D eigenvalue weighted by molar-refractivity contribution is 7.86. The fraction of sp³-hybridized carbons (Fsp3) is 0.909. The van der Waals surface area contributed by atoms with Crippen LogP contribution in [0.2, 0.25) is 0 Å². The maximum Gasteiger partial charge on any atom is 0.238 e. The van der Waals surface area contributed by atoms with Crippen molar-refractivity contribution in [2.75, 3.05) is 18.8 Å². The lowest BCUT2D eigenvalue weighted by Gasteiger charge is -2.20. The third-order valence-electron chi connectivity index (χ3n) is 2.93. The Morgan fingerprint density at radius 2 is 1.94 bits per heavy atom. The second-order valence-corrected chi connectivity index (χ2v) is 6.40. The fourth-order valence-corrected chi connectivity index (χ4v) is 3.12. The monoisotopic (exact) mass is 246 g/mol. The van der Waals surface area contributed by atoms with E-state index in [1.165, 1.54) is 0 Å². The minimum absolute atomic E-state index is 0.0421. The quantitative estimate of drug-likeness (QED) is 0.767. The van der Waals surface area contributed by atoms with E-state index in [4.69, 9.17) is 5.73 Å². The molecule has 0 aromatic carbocycles. The van der Waals surface area contributed by atoms with Crippen LogP contribution in [-0.2, 0) is 15.6 Å². The molecule has 0 aliphatic carbocycles. The van der Waals surface area contributed by atoms with Gasteiger partial charge >= 0.3 is 0 Å². The Bertz CT molecular complexity index is 263. The average molecular weight is 246 g/mol. The molecule has 94 valence electrons. The summed E-state index contributed by atoms with van der Waals surface area (Å²) in [6.07, 6.45) is 2.86. The van der Waals surface area contributed by atoms with Gasteiger partial charge in [0.2, 0.25) is 5.91 Å². The molecule has 1 saturated heterocycles. The van der Waals surface area contributed by atoms with Crippen molar-refractivity contribution in [2.24, 2.45) is 5.73 Å². The Morgan fingerprint density at radius 3 is 2.44 bits per heavy atom. The van der Waals surface area contributed by atoms with E-state index in [0.29, 0.717) is 12.2 Å². The predicted octanol–water partition coefficient (Wildman–Crippen LogP) is 0.483. The van der Waals surface area contributed by atoms with Gasteiger partial charge in [-0.25, -0.2) is 0 Å². The van der Waals surface area contributed by atoms with Crippen molar-refractivity contribution in [3.8, 4) is 0 Å². The molecule has 1 heterocycles. The van der Waals surface area contributed by atoms with E-state index in [2.05, 4.69) is 0 Å². The van der Waals surface area contributed by atoms with Crippen LogP contribution in [0.15, 0.2) is 0 Å². The lowest BCUT2D eigenvalue weighted by atomic mass is 10.3. The zero-order valence-electron chi connectivity index (χ0n) is 10.1. The second-order valence-electron chi connectivity index (χ2n) is 4.53. The SMILES string of the molecule is CC(N)CCS(=O)C(C)C(=O)N1CCCC1. The smallest absolute Gasteiger partial charge is 0.238 e. The number of nitrogens with two attached hydrogens (primary N) is 1. The number of nitrogens with zero attached hydrogens (tertiary/aromatic N) is 1. The van der Waals surface area contributed by atoms with Crippen LogP contribution in [0.1, 0.15) is 33.1 Å². The van der Waals surface area contributed by atoms with Crippen LogP contribution in [0.25, 0.3) is 0 Å². The molecule has 0 bridgehead atoms. The predicted molar refractivity (Wildman–Crippen MR) is 66.6 cm³/mol. The van der Waals surface area contributed by atoms with Gasteiger partial charge in [-0.15, -0.1) is 0 Å². The normalized spacial score (nSPS) is 21.8. The Kier molecular flexibility index (Phi) is 5.41. The van der Waals surface area contributed by atoms with E-state index in [0.717, 1.165) is 25.9 Å². The minimum atomic E-state index is -1.08. The van der Waals surface area contributed by atoms with E-state index < -0.39 is 10.8 Å². The highest BCUT2D eigenvalue weighted by atomic mass is 32.2. The second kappa shape index (κ2) is 6.35. The average Bonchev–Trinajstić information content (AvgIpc) is 2.77. The van der Waals surface area contributed by atoms with E-state index in [-0.39, 0.29) is 17.2 Å². The highest BCUT2D eigenvalue weighted by Crippen LogP contribution is 2.12. The highest BCUT2D eigenvalue weighted by Gasteiger charge is 2.26. The van der Waals surface area contributed by atoms with E-state index in [1.807, 2.05) is 11.8 Å². The molecule has 0 aromatic rings. The molecule has 0 spiro atoms. The first-order valence-electron chi connectivity index (χ1n) is 5.94. The van der Waals surface area contributed by atoms with Gasteiger partial charge < -0.3 is 10.6 Å². The van der Waals surface area contributed by atoms with Gasteiger partial charge in [0.1, 0.15) is 5.25 Å². The first kappa shape index (κ1) is 13.6. The fourth-order valence-electron chi connectivity index (χ4n) is 1.79. The van der Waals surface area contributed by atoms with Crippen LogP contribution >= 0.6 is 0 Å². The lowest BCUT2D eigenvalue weighted by Crippen LogP contribution is -2.38. The zero-order valence-corrected chi connectivity index (χ0v) is 11.0. The summed E-state index contributed by atoms with van der Waals surface area (Å²) in [6, 6.07) is 0.0537. The molecule has 0 saturated carbocycles. The summed E-state index contributed by atoms with van der Waals surface area (Å²) >= 11 is 0. The molecule has 1 aliphatic heterocycles. The molecule has 1 aliphatic rings. The van der Waals surface area contributed by atoms with Crippen molar-refractivity contribution in [2.45, 2.75) is 44.4 Å². The topological polar surface area (TPSA) is 63.4 Å². The van der Waals surface area contributed by atoms with Gasteiger partial charge in [-0.1, -0.05) is 0 Å². The van der Waals surface area contributed by atoms with Gasteiger partial charge in [0.15, 0.2) is 0 Å². The molecule has 1 rings (SSSR count). The first-order valence-corrected chi connectivity index (χ1v) is 7.32. The molecular formula is C11H22N2O2S. The van der Waals surface area contributed by atoms with Crippen LogP contribution in [-0.4, -0.2) is 45.2 Å². The standard InChI is InChI=1S/C11H22N2O2S/c1-9(12)5-8-16(15)10(2)11(14)13-6-3-4-7-13/h9-10H,3-8,12H2,1-2H3. The summed E-state index contributed by atoms with van der Waals surface area (Å²) in [5.74, 6) is 0.568. The van der Waals surface area contributed by atoms with Crippen molar-refractivity contribution in [1.29, 1.82) is 0 Å². The van der Waals surface area contributed by atoms with Crippen LogP contribution in [0.4, 0.5) is 0 Å². The summed E-state index contributed by atoms with van der Waals surface area (Å²) in [4.78, 5) is 13.8. The maximum atomic E-state index is 11.9. The van der Waals surface area contributed by atoms with E-state index in [9.17, 15) is 9.00 Å². The Hall–Kier alpha value is -0.420. The Labute approximate surface area is 100 Å². The Balaban J connectivity index is 2.39. The largest absolute Gasteiger partial charge is 0.342 e. The third-order valence-corrected chi connectivity index (χ3v) is 4.56. The zero-order chi connectivity index (χ0) is 12.1. The Morgan fingerprint density at radius 1 is 1.38 bits per heavy atom. The van der Waals surface area contributed by atoms with Crippen LogP contribution in [0, 0.1) is 0 Å². The lowest BCUT2D eigenvalue weighted by molar-refractivity contribution is -0.129. The van der Waals surface area contributed by atoms with Gasteiger partial charge in [-0.3, -0.25) is 9.00 Å². The van der Waals surface area contributed by atoms with Gasteiger partial charge in [-0.05, 0) is 33.1 Å². The first-order chi connectivity index (χ1) is 7.52. The van der Waals surface area contributed by atoms with Crippen LogP contribution in [0.3, 0.4) is 0 Å². The number of likely N-dealkylation sites (tertiary alicyclic amines) is 1. The summed E-state index contributed by atoms with van der Waals surface area (Å²) in [7, 11) is -1.08. The number of hydrogen-bond donors (Lipinski definition) is 1. The summed E-state index contributed by atoms with van der Waals surface area (Å²) < 4.78 is 11.9. The molecule has 4 nitrogen and oxygen atoms in total. The number of rotatable bonds is 5. The van der Waals surface area contributed by atoms with Crippen molar-refractivity contribution in [3.05, 3.63) is 0 Å². The van der Waals surface area contributed by atoms with Crippen molar-refractivity contribution < 1.29 is 9.00 Å². The van der Waals surface area contributed by atoms with Gasteiger partial charge in [0.25, 0.3) is 0 Å². The van der Waals surface area contributed by atoms with E-state index >= 15 is 0 Å². The van der Waals surface area contributed by atoms with Crippen molar-refractivity contribution in [1.82, 2.24) is 4.90 Å². The molecule has 3 atom stereocenters. The number of amides is 1. The molecule has 2 N–H and O–H groups in total. The summed E-state index contributed by atoms with van der Waals surface area (Å²) in [5, 5.41) is -0.378. The molecule has 0 aromatic heterocycles. The van der Waals surface area contributed by atoms with Crippen molar-refractivity contribution >= 4 is 16.7 Å². The van der Waals surface area contributed by atoms with Gasteiger partial charge in [-0.2, -0.15) is 0 Å². The minimum Gasteiger partial charge on any atom is -0.342 e. The summed E-state index contributed by atoms with van der Waals surface area (Å²) in [6.45, 7) is 5.31. The molecule has 5 heteroatoms. The van der Waals surface area contributed by atoms with Crippen LogP contribution in [0.5, 0.6) is 0 Å². The van der Waals surface area contributed by atoms with Crippen LogP contribution < -0.4 is 5.73 Å². The molecule has 16 heavy (non-hydrogen) atoms. The van der Waals surface area contributed by atoms with Crippen molar-refractivity contribution in [3.63, 3.8) is 0 Å². The molecule has 1 fully saturated rings. The molecule has 1 amide bonds. The number of carbonyl (C=O) groups is 1. The van der Waals surface area contributed by atoms with Gasteiger partial charge in [0.05, 0.1) is 0 Å². The van der Waals surface area contributed by atoms with E-state index in [1.54, 1.807) is 6.92 Å². The third kappa shape index (κ3) is 3.87. The molecular weight excluding hydrogens is 224 g/mol. The molecule has 3 unspecified atom stereocenters. The maximum absolute atomic E-state index is 11.9. The van der Waals surface area contributed by atoms with Gasteiger partial charge in [0, 0.05) is 35.7 Å². The summed E-state index contributed by atoms with van der Waals surface area (Å²) in [5.41, 5.74) is 5.61. The number of carbonyl (C=O) groups excluding carboxylic acids is 1. The molecule has 0 radical (unpaired) electrons. The number of hydrogen-bond acceptors (Lipinski definition) is 3.